The van der Waals surface area contributed by atoms with Crippen LogP contribution < -0.4 is 15.8 Å². The fraction of sp³-hybridized carbons (Fsp3) is 0.353. The number of aliphatic hydroxyl groups is 2. The predicted octanol–water partition coefficient (Wildman–Crippen LogP) is 2.88. The SMILES string of the molecule is CCCN(C(=O)NCc1ccccc1)N1CC(=O)N2[C@@H](Cc3ccc(OC(C)(O)O)cc3)C(=O)N(Cc3cccc4sc(N)nc34)C[C@@H]21. The standard InChI is InChI=1S/C34H39N7O6S/c1-3-16-39(33(44)36-18-23-8-5-4-6-9-23)40-21-29(42)41-26(17-22-12-14-25(15-13-22)47-34(2,45)46)31(43)38(20-28(40)41)19-24-10-7-11-27-30(24)37-32(35)48-27/h4-15,26,28,45-46H,3,16-21H2,1-2H3,(H2,35,37)(H,36,44)/t26-,28+/m0/s1. The van der Waals surface area contributed by atoms with Crippen molar-refractivity contribution in [3.63, 3.8) is 0 Å². The molecular formula is C34H39N7O6S. The molecule has 2 aliphatic heterocycles. The Kier molecular flexibility index (Phi) is 9.51. The van der Waals surface area contributed by atoms with Crippen LogP contribution >= 0.6 is 11.3 Å². The number of carbonyl (C=O) groups is 3. The van der Waals surface area contributed by atoms with Gasteiger partial charge < -0.3 is 35.8 Å². The van der Waals surface area contributed by atoms with E-state index in [1.165, 1.54) is 11.3 Å². The molecule has 3 aromatic carbocycles. The van der Waals surface area contributed by atoms with E-state index in [0.29, 0.717) is 24.6 Å². The Hall–Kier alpha value is -4.76. The van der Waals surface area contributed by atoms with Crippen molar-refractivity contribution in [3.05, 3.63) is 89.5 Å². The number of para-hydroxylation sites is 1. The molecule has 0 unspecified atom stereocenters. The van der Waals surface area contributed by atoms with Crippen molar-refractivity contribution < 1.29 is 29.3 Å². The van der Waals surface area contributed by atoms with E-state index in [1.807, 2.05) is 55.5 Å². The molecule has 2 fully saturated rings. The number of anilines is 1. The number of hydrazine groups is 1. The van der Waals surface area contributed by atoms with E-state index >= 15 is 0 Å². The smallest absolute Gasteiger partial charge is 0.332 e. The number of hydrogen-bond acceptors (Lipinski definition) is 10. The number of amides is 4. The molecule has 13 nitrogen and oxygen atoms in total. The fourth-order valence-corrected chi connectivity index (χ4v) is 7.09. The number of benzene rings is 3. The van der Waals surface area contributed by atoms with Gasteiger partial charge in [0.05, 0.1) is 23.3 Å². The lowest BCUT2D eigenvalue weighted by Crippen LogP contribution is -2.66. The third-order valence-corrected chi connectivity index (χ3v) is 9.23. The Morgan fingerprint density at radius 2 is 1.83 bits per heavy atom. The molecule has 252 valence electrons. The molecule has 14 heteroatoms. The number of hydrogen-bond donors (Lipinski definition) is 4. The largest absolute Gasteiger partial charge is 0.439 e. The number of ether oxygens (including phenoxy) is 1. The molecule has 3 heterocycles. The zero-order chi connectivity index (χ0) is 34.0. The maximum absolute atomic E-state index is 14.3. The van der Waals surface area contributed by atoms with Gasteiger partial charge in [-0.2, -0.15) is 5.01 Å². The van der Waals surface area contributed by atoms with Gasteiger partial charge in [-0.25, -0.2) is 9.78 Å². The topological polar surface area (TPSA) is 165 Å². The molecule has 0 saturated carbocycles. The van der Waals surface area contributed by atoms with E-state index < -0.39 is 18.2 Å². The highest BCUT2D eigenvalue weighted by Gasteiger charge is 2.52. The van der Waals surface area contributed by atoms with Gasteiger partial charge in [0.2, 0.25) is 11.8 Å². The van der Waals surface area contributed by atoms with E-state index in [0.717, 1.165) is 33.8 Å². The molecule has 0 bridgehead atoms. The Morgan fingerprint density at radius 1 is 1.08 bits per heavy atom. The summed E-state index contributed by atoms with van der Waals surface area (Å²) in [6.07, 6.45) is 0.259. The van der Waals surface area contributed by atoms with Crippen LogP contribution in [0.25, 0.3) is 10.2 Å². The quantitative estimate of drug-likeness (QED) is 0.175. The van der Waals surface area contributed by atoms with Crippen molar-refractivity contribution in [2.24, 2.45) is 0 Å². The second-order valence-electron chi connectivity index (χ2n) is 12.1. The van der Waals surface area contributed by atoms with Gasteiger partial charge in [0, 0.05) is 33.0 Å². The molecule has 4 amide bonds. The van der Waals surface area contributed by atoms with Crippen LogP contribution in [0.5, 0.6) is 5.75 Å². The Morgan fingerprint density at radius 3 is 2.54 bits per heavy atom. The van der Waals surface area contributed by atoms with E-state index in [4.69, 9.17) is 10.5 Å². The number of piperazine rings is 1. The molecule has 6 rings (SSSR count). The highest BCUT2D eigenvalue weighted by Crippen LogP contribution is 2.33. The lowest BCUT2D eigenvalue weighted by molar-refractivity contribution is -0.277. The summed E-state index contributed by atoms with van der Waals surface area (Å²) >= 11 is 1.38. The molecule has 0 aliphatic carbocycles. The summed E-state index contributed by atoms with van der Waals surface area (Å²) in [5, 5.41) is 26.0. The summed E-state index contributed by atoms with van der Waals surface area (Å²) in [6.45, 7) is 4.15. The van der Waals surface area contributed by atoms with E-state index in [9.17, 15) is 24.6 Å². The number of fused-ring (bicyclic) bond motifs is 2. The number of nitrogen functional groups attached to an aromatic ring is 1. The average Bonchev–Trinajstić information content (AvgIpc) is 3.60. The normalized spacial score (nSPS) is 18.3. The second kappa shape index (κ2) is 13.8. The van der Waals surface area contributed by atoms with Gasteiger partial charge in [-0.3, -0.25) is 14.6 Å². The van der Waals surface area contributed by atoms with Crippen LogP contribution in [0, 0.1) is 0 Å². The number of aromatic nitrogens is 1. The maximum Gasteiger partial charge on any atom is 0.332 e. The van der Waals surface area contributed by atoms with Crippen LogP contribution in [-0.2, 0) is 29.1 Å². The summed E-state index contributed by atoms with van der Waals surface area (Å²) in [5.41, 5.74) is 9.28. The number of nitrogens with zero attached hydrogens (tertiary/aromatic N) is 5. The van der Waals surface area contributed by atoms with Crippen LogP contribution in [0.15, 0.2) is 72.8 Å². The maximum atomic E-state index is 14.3. The first-order chi connectivity index (χ1) is 23.0. The molecule has 5 N–H and O–H groups in total. The van der Waals surface area contributed by atoms with Crippen molar-refractivity contribution in [1.29, 1.82) is 0 Å². The third-order valence-electron chi connectivity index (χ3n) is 8.38. The van der Waals surface area contributed by atoms with Crippen molar-refractivity contribution >= 4 is 44.5 Å². The first-order valence-electron chi connectivity index (χ1n) is 15.8. The molecule has 2 atom stereocenters. The first kappa shape index (κ1) is 33.2. The monoisotopic (exact) mass is 673 g/mol. The molecule has 0 spiro atoms. The minimum atomic E-state index is -2.34. The molecule has 2 saturated heterocycles. The fourth-order valence-electron chi connectivity index (χ4n) is 6.31. The number of nitrogens with two attached hydrogens (primary N) is 1. The molecule has 0 radical (unpaired) electrons. The second-order valence-corrected chi connectivity index (χ2v) is 13.1. The van der Waals surface area contributed by atoms with E-state index in [1.54, 1.807) is 44.1 Å². The van der Waals surface area contributed by atoms with E-state index in [-0.39, 0.29) is 49.7 Å². The summed E-state index contributed by atoms with van der Waals surface area (Å²) in [6, 6.07) is 20.8. The van der Waals surface area contributed by atoms with Gasteiger partial charge in [-0.05, 0) is 41.3 Å². The molecular weight excluding hydrogens is 634 g/mol. The highest BCUT2D eigenvalue weighted by molar-refractivity contribution is 7.22. The lowest BCUT2D eigenvalue weighted by Gasteiger charge is -2.46. The Balaban J connectivity index is 1.30. The number of rotatable bonds is 11. The van der Waals surface area contributed by atoms with Gasteiger partial charge in [0.1, 0.15) is 18.0 Å². The molecule has 48 heavy (non-hydrogen) atoms. The average molecular weight is 674 g/mol. The van der Waals surface area contributed by atoms with Gasteiger partial charge in [-0.1, -0.05) is 72.9 Å². The zero-order valence-electron chi connectivity index (χ0n) is 26.8. The van der Waals surface area contributed by atoms with Crippen LogP contribution in [0.2, 0.25) is 0 Å². The summed E-state index contributed by atoms with van der Waals surface area (Å²) < 4.78 is 6.03. The number of carbonyl (C=O) groups excluding carboxylic acids is 3. The predicted molar refractivity (Wildman–Crippen MR) is 180 cm³/mol. The van der Waals surface area contributed by atoms with Crippen molar-refractivity contribution in [3.8, 4) is 5.75 Å². The van der Waals surface area contributed by atoms with Crippen LogP contribution in [0.3, 0.4) is 0 Å². The lowest BCUT2D eigenvalue weighted by atomic mass is 9.99. The van der Waals surface area contributed by atoms with Crippen molar-refractivity contribution in [2.45, 2.75) is 58.0 Å². The van der Waals surface area contributed by atoms with Crippen LogP contribution in [0.4, 0.5) is 9.93 Å². The van der Waals surface area contributed by atoms with E-state index in [2.05, 4.69) is 10.3 Å². The first-order valence-corrected chi connectivity index (χ1v) is 16.6. The number of thiazole rings is 1. The summed E-state index contributed by atoms with van der Waals surface area (Å²) in [4.78, 5) is 49.6. The van der Waals surface area contributed by atoms with Gasteiger partial charge >= 0.3 is 12.0 Å². The molecule has 2 aliphatic rings. The summed E-state index contributed by atoms with van der Waals surface area (Å²) in [5.74, 6) is -2.59. The highest BCUT2D eigenvalue weighted by atomic mass is 32.1. The van der Waals surface area contributed by atoms with Gasteiger partial charge in [-0.15, -0.1) is 0 Å². The minimum absolute atomic E-state index is 0.0579. The Labute approximate surface area is 282 Å². The zero-order valence-corrected chi connectivity index (χ0v) is 27.6. The summed E-state index contributed by atoms with van der Waals surface area (Å²) in [7, 11) is 0. The van der Waals surface area contributed by atoms with Crippen LogP contribution in [0.1, 0.15) is 37.0 Å². The van der Waals surface area contributed by atoms with Crippen molar-refractivity contribution in [2.75, 3.05) is 25.4 Å². The number of nitrogens with one attached hydrogen (secondary N) is 1. The molecule has 1 aromatic heterocycles. The molecule has 4 aromatic rings. The Bertz CT molecular complexity index is 1780. The van der Waals surface area contributed by atoms with Gasteiger partial charge in [0.25, 0.3) is 0 Å². The minimum Gasteiger partial charge on any atom is -0.439 e. The number of urea groups is 1. The van der Waals surface area contributed by atoms with Gasteiger partial charge in [0.15, 0.2) is 5.13 Å². The third kappa shape index (κ3) is 7.21. The van der Waals surface area contributed by atoms with Crippen molar-refractivity contribution in [1.82, 2.24) is 30.1 Å². The van der Waals surface area contributed by atoms with Crippen LogP contribution in [-0.4, -0.2) is 90.7 Å².